The van der Waals surface area contributed by atoms with Gasteiger partial charge in [0.05, 0.1) is 9.50 Å². The van der Waals surface area contributed by atoms with Crippen LogP contribution in [0, 0.1) is 11.2 Å². The number of carbonyl (C=O) groups excluding carboxylic acids is 1. The number of ether oxygens (including phenoxy) is 2. The predicted octanol–water partition coefficient (Wildman–Crippen LogP) is 6.13. The van der Waals surface area contributed by atoms with Gasteiger partial charge in [0.1, 0.15) is 23.0 Å². The van der Waals surface area contributed by atoms with Crippen LogP contribution in [0.1, 0.15) is 53.9 Å². The van der Waals surface area contributed by atoms with Gasteiger partial charge in [-0.25, -0.2) is 9.18 Å². The Kier molecular flexibility index (Phi) is 8.36. The quantitative estimate of drug-likeness (QED) is 0.385. The minimum Gasteiger partial charge on any atom is -0.460 e. The van der Waals surface area contributed by atoms with Crippen LogP contribution in [0.5, 0.6) is 6.01 Å². The fourth-order valence-electron chi connectivity index (χ4n) is 5.41. The Labute approximate surface area is 237 Å². The molecule has 8 nitrogen and oxygen atoms in total. The Morgan fingerprint density at radius 3 is 2.39 bits per heavy atom. The Morgan fingerprint density at radius 2 is 1.79 bits per heavy atom. The van der Waals surface area contributed by atoms with E-state index in [-0.39, 0.29) is 46.1 Å². The molecule has 0 N–H and O–H groups in total. The minimum atomic E-state index is -0.514. The Morgan fingerprint density at radius 1 is 1.16 bits per heavy atom. The number of fused-ring (bicyclic) bond motifs is 1. The molecule has 1 amide bonds. The molecule has 0 radical (unpaired) electrons. The molecule has 3 aliphatic rings. The van der Waals surface area contributed by atoms with Gasteiger partial charge in [-0.3, -0.25) is 0 Å². The van der Waals surface area contributed by atoms with Crippen LogP contribution in [0.2, 0.25) is 5.02 Å². The van der Waals surface area contributed by atoms with Gasteiger partial charge in [-0.1, -0.05) is 19.0 Å². The molecule has 11 heteroatoms. The maximum absolute atomic E-state index is 15.3. The summed E-state index contributed by atoms with van der Waals surface area (Å²) in [4.78, 5) is 27.9. The number of likely N-dealkylation sites (tertiary alicyclic amines) is 2. The second-order valence-corrected chi connectivity index (χ2v) is 12.9. The molecular weight excluding hydrogens is 577 g/mol. The maximum Gasteiger partial charge on any atom is 0.410 e. The second kappa shape index (κ2) is 10.9. The molecule has 0 atom stereocenters. The molecule has 3 saturated heterocycles. The van der Waals surface area contributed by atoms with Gasteiger partial charge in [0.2, 0.25) is 0 Å². The highest BCUT2D eigenvalue weighted by molar-refractivity contribution is 9.10. The highest BCUT2D eigenvalue weighted by atomic mass is 79.9. The van der Waals surface area contributed by atoms with Crippen LogP contribution in [-0.4, -0.2) is 83.9 Å². The molecular formula is C27H38BrClFN5O3. The summed E-state index contributed by atoms with van der Waals surface area (Å²) in [5.74, 6) is 0.124. The first-order chi connectivity index (χ1) is 17.4. The summed E-state index contributed by atoms with van der Waals surface area (Å²) >= 11 is 9.58. The lowest BCUT2D eigenvalue weighted by atomic mass is 9.72. The maximum atomic E-state index is 15.3. The summed E-state index contributed by atoms with van der Waals surface area (Å²) in [6.45, 7) is 10.4. The SMILES string of the molecule is C.CN1CCC(Oc2nc(N3CCC4(CC3)CN(C(=O)OC(C)(C)C)C4)c3cc(Cl)c(Br)c(F)c3n2)CC1. The zero-order valence-electron chi connectivity index (χ0n) is 21.8. The fraction of sp³-hybridized carbons (Fsp3) is 0.667. The number of rotatable bonds is 3. The summed E-state index contributed by atoms with van der Waals surface area (Å²) in [5, 5.41) is 0.848. The fourth-order valence-corrected chi connectivity index (χ4v) is 5.90. The van der Waals surface area contributed by atoms with Crippen molar-refractivity contribution in [3.8, 4) is 6.01 Å². The highest BCUT2D eigenvalue weighted by Crippen LogP contribution is 2.43. The van der Waals surface area contributed by atoms with E-state index in [9.17, 15) is 4.79 Å². The van der Waals surface area contributed by atoms with Gasteiger partial charge < -0.3 is 24.2 Å². The lowest BCUT2D eigenvalue weighted by Gasteiger charge is -2.53. The molecule has 0 unspecified atom stereocenters. The van der Waals surface area contributed by atoms with E-state index >= 15 is 4.39 Å². The van der Waals surface area contributed by atoms with Crippen LogP contribution < -0.4 is 9.64 Å². The molecule has 2 aromatic rings. The van der Waals surface area contributed by atoms with E-state index in [1.54, 1.807) is 11.0 Å². The molecule has 1 aromatic heterocycles. The number of nitrogens with zero attached hydrogens (tertiary/aromatic N) is 5. The lowest BCUT2D eigenvalue weighted by molar-refractivity contribution is -0.0434. The van der Waals surface area contributed by atoms with Crippen molar-refractivity contribution in [1.82, 2.24) is 19.8 Å². The minimum absolute atomic E-state index is 0. The van der Waals surface area contributed by atoms with Crippen LogP contribution >= 0.6 is 27.5 Å². The number of hydrogen-bond donors (Lipinski definition) is 0. The van der Waals surface area contributed by atoms with Gasteiger partial charge in [-0.05, 0) is 75.5 Å². The summed E-state index contributed by atoms with van der Waals surface area (Å²) in [5.41, 5.74) is -0.226. The zero-order chi connectivity index (χ0) is 26.5. The van der Waals surface area contributed by atoms with Crippen LogP contribution in [0.3, 0.4) is 0 Å². The van der Waals surface area contributed by atoms with Gasteiger partial charge in [0.15, 0.2) is 5.82 Å². The standard InChI is InChI=1S/C26H34BrClFN5O3.CH4/c1-25(2,3)37-24(35)34-14-26(15-34)7-11-33(12-8-26)22-17-13-18(28)19(27)20(29)21(17)30-23(31-22)36-16-5-9-32(4)10-6-16;/h13,16H,5-12,14-15H2,1-4H3;1H4. The number of aromatic nitrogens is 2. The average Bonchev–Trinajstić information content (AvgIpc) is 2.82. The monoisotopic (exact) mass is 613 g/mol. The van der Waals surface area contributed by atoms with Crippen LogP contribution in [-0.2, 0) is 4.74 Å². The average molecular weight is 615 g/mol. The van der Waals surface area contributed by atoms with Crippen LogP contribution in [0.15, 0.2) is 10.5 Å². The highest BCUT2D eigenvalue weighted by Gasteiger charge is 2.48. The number of hydrogen-bond acceptors (Lipinski definition) is 7. The summed E-state index contributed by atoms with van der Waals surface area (Å²) in [7, 11) is 2.09. The molecule has 0 saturated carbocycles. The molecule has 3 aliphatic heterocycles. The summed E-state index contributed by atoms with van der Waals surface area (Å²) < 4.78 is 27.2. The van der Waals surface area contributed by atoms with Gasteiger partial charge in [0, 0.05) is 50.1 Å². The smallest absolute Gasteiger partial charge is 0.410 e. The Hall–Kier alpha value is -1.91. The predicted molar refractivity (Wildman–Crippen MR) is 152 cm³/mol. The summed E-state index contributed by atoms with van der Waals surface area (Å²) in [6, 6.07) is 1.92. The third-order valence-corrected chi connectivity index (χ3v) is 8.85. The van der Waals surface area contributed by atoms with E-state index in [0.29, 0.717) is 24.3 Å². The number of anilines is 1. The second-order valence-electron chi connectivity index (χ2n) is 11.7. The Balaban J connectivity index is 0.00000336. The van der Waals surface area contributed by atoms with E-state index in [0.717, 1.165) is 51.9 Å². The normalized spacial score (nSPS) is 20.3. The van der Waals surface area contributed by atoms with Crippen molar-refractivity contribution in [3.05, 3.63) is 21.4 Å². The number of benzene rings is 1. The third-order valence-electron chi connectivity index (χ3n) is 7.55. The van der Waals surface area contributed by atoms with Gasteiger partial charge >= 0.3 is 12.1 Å². The van der Waals surface area contributed by atoms with Crippen LogP contribution in [0.4, 0.5) is 15.0 Å². The van der Waals surface area contributed by atoms with Crippen molar-refractivity contribution in [3.63, 3.8) is 0 Å². The molecule has 0 bridgehead atoms. The summed E-state index contributed by atoms with van der Waals surface area (Å²) in [6.07, 6.45) is 3.29. The van der Waals surface area contributed by atoms with Crippen molar-refractivity contribution in [2.45, 2.75) is 65.6 Å². The van der Waals surface area contributed by atoms with Gasteiger partial charge in [-0.15, -0.1) is 0 Å². The molecule has 4 heterocycles. The number of halogens is 3. The number of carbonyl (C=O) groups is 1. The van der Waals surface area contributed by atoms with Crippen molar-refractivity contribution < 1.29 is 18.7 Å². The molecule has 210 valence electrons. The van der Waals surface area contributed by atoms with E-state index in [1.807, 2.05) is 20.8 Å². The molecule has 0 aliphatic carbocycles. The van der Waals surface area contributed by atoms with Crippen molar-refractivity contribution >= 4 is 50.3 Å². The van der Waals surface area contributed by atoms with Crippen molar-refractivity contribution in [2.75, 3.05) is 51.2 Å². The zero-order valence-corrected chi connectivity index (χ0v) is 24.2. The first-order valence-corrected chi connectivity index (χ1v) is 14.0. The lowest BCUT2D eigenvalue weighted by Crippen LogP contribution is -2.62. The molecule has 1 aromatic carbocycles. The first kappa shape index (κ1) is 29.1. The molecule has 3 fully saturated rings. The molecule has 38 heavy (non-hydrogen) atoms. The van der Waals surface area contributed by atoms with Gasteiger partial charge in [0.25, 0.3) is 0 Å². The number of piperidine rings is 2. The molecule has 1 spiro atoms. The topological polar surface area (TPSA) is 71.0 Å². The Bertz CT molecular complexity index is 1190. The third kappa shape index (κ3) is 5.97. The van der Waals surface area contributed by atoms with Crippen LogP contribution in [0.25, 0.3) is 10.9 Å². The van der Waals surface area contributed by atoms with Gasteiger partial charge in [-0.2, -0.15) is 9.97 Å². The molecule has 5 rings (SSSR count). The van der Waals surface area contributed by atoms with E-state index in [2.05, 4.69) is 37.8 Å². The number of amides is 1. The van der Waals surface area contributed by atoms with Crippen molar-refractivity contribution in [1.29, 1.82) is 0 Å². The van der Waals surface area contributed by atoms with Crippen molar-refractivity contribution in [2.24, 2.45) is 5.41 Å². The van der Waals surface area contributed by atoms with E-state index < -0.39 is 11.4 Å². The van der Waals surface area contributed by atoms with E-state index in [4.69, 9.17) is 26.1 Å². The largest absolute Gasteiger partial charge is 0.460 e. The van der Waals surface area contributed by atoms with E-state index in [1.165, 1.54) is 0 Å². The first-order valence-electron chi connectivity index (χ1n) is 12.9.